The molecule has 0 bridgehead atoms. The number of piperidine rings is 1. The van der Waals surface area contributed by atoms with Crippen LogP contribution in [0.1, 0.15) is 32.6 Å². The number of likely N-dealkylation sites (tertiary alicyclic amines) is 1. The quantitative estimate of drug-likeness (QED) is 0.751. The van der Waals surface area contributed by atoms with Crippen LogP contribution in [-0.2, 0) is 9.84 Å². The standard InChI is InChI=1S/C11H23NO3S/c1-2-16(14,15)9-5-8-12-7-4-3-6-11(12)10-13/h11,13H,2-10H2,1H3. The van der Waals surface area contributed by atoms with Gasteiger partial charge in [0.15, 0.2) is 0 Å². The van der Waals surface area contributed by atoms with Crippen molar-refractivity contribution < 1.29 is 13.5 Å². The van der Waals surface area contributed by atoms with Gasteiger partial charge in [-0.25, -0.2) is 8.42 Å². The first-order chi connectivity index (χ1) is 7.59. The number of rotatable bonds is 6. The summed E-state index contributed by atoms with van der Waals surface area (Å²) in [6.07, 6.45) is 4.07. The van der Waals surface area contributed by atoms with E-state index in [0.717, 1.165) is 25.9 Å². The smallest absolute Gasteiger partial charge is 0.150 e. The summed E-state index contributed by atoms with van der Waals surface area (Å²) < 4.78 is 22.6. The van der Waals surface area contributed by atoms with Crippen LogP contribution in [0.5, 0.6) is 0 Å². The molecule has 1 fully saturated rings. The van der Waals surface area contributed by atoms with Crippen LogP contribution < -0.4 is 0 Å². The molecule has 0 aromatic rings. The lowest BCUT2D eigenvalue weighted by molar-refractivity contribution is 0.0906. The Kier molecular flexibility index (Phi) is 5.72. The fourth-order valence-electron chi connectivity index (χ4n) is 2.19. The van der Waals surface area contributed by atoms with E-state index in [1.54, 1.807) is 6.92 Å². The van der Waals surface area contributed by atoms with Crippen molar-refractivity contribution in [2.75, 3.05) is 31.2 Å². The lowest BCUT2D eigenvalue weighted by Crippen LogP contribution is -2.42. The van der Waals surface area contributed by atoms with Gasteiger partial charge in [0.05, 0.1) is 12.4 Å². The van der Waals surface area contributed by atoms with E-state index < -0.39 is 9.84 Å². The zero-order valence-corrected chi connectivity index (χ0v) is 10.9. The molecule has 16 heavy (non-hydrogen) atoms. The van der Waals surface area contributed by atoms with Crippen molar-refractivity contribution in [2.24, 2.45) is 0 Å². The SMILES string of the molecule is CCS(=O)(=O)CCCN1CCCCC1CO. The second-order valence-electron chi connectivity index (χ2n) is 4.46. The topological polar surface area (TPSA) is 57.6 Å². The van der Waals surface area contributed by atoms with E-state index >= 15 is 0 Å². The van der Waals surface area contributed by atoms with Gasteiger partial charge in [-0.1, -0.05) is 13.3 Å². The fourth-order valence-corrected chi connectivity index (χ4v) is 3.05. The molecule has 1 heterocycles. The van der Waals surface area contributed by atoms with Crippen molar-refractivity contribution in [1.82, 2.24) is 4.90 Å². The molecule has 0 aromatic carbocycles. The molecule has 0 spiro atoms. The molecule has 96 valence electrons. The molecule has 1 N–H and O–H groups in total. The van der Waals surface area contributed by atoms with Gasteiger partial charge in [0.25, 0.3) is 0 Å². The summed E-state index contributed by atoms with van der Waals surface area (Å²) in [7, 11) is -2.83. The summed E-state index contributed by atoms with van der Waals surface area (Å²) in [6.45, 7) is 3.68. The van der Waals surface area contributed by atoms with Crippen molar-refractivity contribution in [1.29, 1.82) is 0 Å². The van der Waals surface area contributed by atoms with E-state index in [2.05, 4.69) is 4.90 Å². The first kappa shape index (κ1) is 13.9. The average Bonchev–Trinajstić information content (AvgIpc) is 2.29. The largest absolute Gasteiger partial charge is 0.395 e. The summed E-state index contributed by atoms with van der Waals surface area (Å²) in [5, 5.41) is 9.21. The minimum atomic E-state index is -2.83. The van der Waals surface area contributed by atoms with Crippen LogP contribution in [-0.4, -0.2) is 55.7 Å². The Labute approximate surface area is 98.6 Å². The van der Waals surface area contributed by atoms with E-state index in [0.29, 0.717) is 6.42 Å². The maximum Gasteiger partial charge on any atom is 0.150 e. The minimum Gasteiger partial charge on any atom is -0.395 e. The van der Waals surface area contributed by atoms with Crippen LogP contribution in [0.4, 0.5) is 0 Å². The second kappa shape index (κ2) is 6.57. The van der Waals surface area contributed by atoms with Gasteiger partial charge in [0, 0.05) is 11.8 Å². The molecule has 1 aliphatic heterocycles. The first-order valence-corrected chi connectivity index (χ1v) is 7.96. The molecule has 1 atom stereocenters. The minimum absolute atomic E-state index is 0.195. The molecule has 0 aromatic heterocycles. The molecule has 0 aliphatic carbocycles. The van der Waals surface area contributed by atoms with E-state index in [1.807, 2.05) is 0 Å². The van der Waals surface area contributed by atoms with Crippen LogP contribution >= 0.6 is 0 Å². The molecule has 1 saturated heterocycles. The maximum absolute atomic E-state index is 11.3. The van der Waals surface area contributed by atoms with E-state index in [4.69, 9.17) is 0 Å². The first-order valence-electron chi connectivity index (χ1n) is 6.14. The fraction of sp³-hybridized carbons (Fsp3) is 1.00. The number of hydrogen-bond donors (Lipinski definition) is 1. The summed E-state index contributed by atoms with van der Waals surface area (Å²) in [4.78, 5) is 2.23. The Morgan fingerprint density at radius 2 is 2.12 bits per heavy atom. The molecule has 0 saturated carbocycles. The summed E-state index contributed by atoms with van der Waals surface area (Å²) >= 11 is 0. The Balaban J connectivity index is 2.30. The van der Waals surface area contributed by atoms with Gasteiger partial charge in [0.2, 0.25) is 0 Å². The second-order valence-corrected chi connectivity index (χ2v) is 6.93. The van der Waals surface area contributed by atoms with Crippen LogP contribution in [0.25, 0.3) is 0 Å². The van der Waals surface area contributed by atoms with Crippen molar-refractivity contribution in [3.8, 4) is 0 Å². The maximum atomic E-state index is 11.3. The zero-order valence-electron chi connectivity index (χ0n) is 10.1. The molecule has 0 amide bonds. The molecule has 4 nitrogen and oxygen atoms in total. The lowest BCUT2D eigenvalue weighted by Gasteiger charge is -2.34. The summed E-state index contributed by atoms with van der Waals surface area (Å²) in [5.74, 6) is 0.509. The molecule has 1 unspecified atom stereocenters. The van der Waals surface area contributed by atoms with E-state index in [1.165, 1.54) is 6.42 Å². The molecule has 5 heteroatoms. The number of hydrogen-bond acceptors (Lipinski definition) is 4. The van der Waals surface area contributed by atoms with Crippen LogP contribution in [0, 0.1) is 0 Å². The third-order valence-corrected chi connectivity index (χ3v) is 5.09. The summed E-state index contributed by atoms with van der Waals surface area (Å²) in [5.41, 5.74) is 0. The number of aliphatic hydroxyl groups is 1. The van der Waals surface area contributed by atoms with Crippen LogP contribution in [0.2, 0.25) is 0 Å². The van der Waals surface area contributed by atoms with Crippen molar-refractivity contribution >= 4 is 9.84 Å². The molecule has 0 radical (unpaired) electrons. The molecule has 1 aliphatic rings. The number of aliphatic hydroxyl groups excluding tert-OH is 1. The van der Waals surface area contributed by atoms with Crippen molar-refractivity contribution in [3.05, 3.63) is 0 Å². The third-order valence-electron chi connectivity index (χ3n) is 3.30. The van der Waals surface area contributed by atoms with Crippen molar-refractivity contribution in [2.45, 2.75) is 38.6 Å². The Hall–Kier alpha value is -0.130. The molecular formula is C11H23NO3S. The Morgan fingerprint density at radius 1 is 1.38 bits per heavy atom. The van der Waals surface area contributed by atoms with Gasteiger partial charge < -0.3 is 5.11 Å². The van der Waals surface area contributed by atoms with Gasteiger partial charge in [-0.15, -0.1) is 0 Å². The van der Waals surface area contributed by atoms with Gasteiger partial charge in [-0.05, 0) is 32.4 Å². The highest BCUT2D eigenvalue weighted by molar-refractivity contribution is 7.91. The Morgan fingerprint density at radius 3 is 2.75 bits per heavy atom. The summed E-state index contributed by atoms with van der Waals surface area (Å²) in [6, 6.07) is 0.248. The van der Waals surface area contributed by atoms with Gasteiger partial charge >= 0.3 is 0 Å². The highest BCUT2D eigenvalue weighted by Gasteiger charge is 2.21. The predicted octanol–water partition coefficient (Wildman–Crippen LogP) is 0.658. The normalized spacial score (nSPS) is 23.5. The van der Waals surface area contributed by atoms with Crippen LogP contribution in [0.3, 0.4) is 0 Å². The van der Waals surface area contributed by atoms with E-state index in [-0.39, 0.29) is 24.2 Å². The third kappa shape index (κ3) is 4.39. The van der Waals surface area contributed by atoms with Crippen LogP contribution in [0.15, 0.2) is 0 Å². The highest BCUT2D eigenvalue weighted by Crippen LogP contribution is 2.16. The molecular weight excluding hydrogens is 226 g/mol. The molecule has 1 rings (SSSR count). The van der Waals surface area contributed by atoms with Gasteiger partial charge in [-0.3, -0.25) is 4.90 Å². The average molecular weight is 249 g/mol. The zero-order chi connectivity index (χ0) is 12.0. The van der Waals surface area contributed by atoms with Crippen molar-refractivity contribution in [3.63, 3.8) is 0 Å². The number of nitrogens with zero attached hydrogens (tertiary/aromatic N) is 1. The predicted molar refractivity (Wildman–Crippen MR) is 65.2 cm³/mol. The lowest BCUT2D eigenvalue weighted by atomic mass is 10.0. The van der Waals surface area contributed by atoms with E-state index in [9.17, 15) is 13.5 Å². The monoisotopic (exact) mass is 249 g/mol. The number of sulfone groups is 1. The van der Waals surface area contributed by atoms with Gasteiger partial charge in [0.1, 0.15) is 9.84 Å². The highest BCUT2D eigenvalue weighted by atomic mass is 32.2. The Bertz CT molecular complexity index is 290. The van der Waals surface area contributed by atoms with Gasteiger partial charge in [-0.2, -0.15) is 0 Å².